The monoisotopic (exact) mass is 337 g/mol. The molecular weight excluding hydrogens is 313 g/mol. The quantitative estimate of drug-likeness (QED) is 0.788. The first-order chi connectivity index (χ1) is 11.5. The molecular formula is C16H24FN5O2. The van der Waals surface area contributed by atoms with Gasteiger partial charge in [-0.1, -0.05) is 0 Å². The Hall–Kier alpha value is -1.80. The molecule has 0 unspecified atom stereocenters. The zero-order chi connectivity index (χ0) is 17.1. The summed E-state index contributed by atoms with van der Waals surface area (Å²) in [5, 5.41) is 0. The minimum Gasteiger partial charge on any atom is -0.378 e. The molecule has 2 aliphatic heterocycles. The van der Waals surface area contributed by atoms with E-state index in [1.165, 1.54) is 0 Å². The highest BCUT2D eigenvalue weighted by molar-refractivity contribution is 5.82. The van der Waals surface area contributed by atoms with Crippen LogP contribution in [0.4, 0.5) is 10.3 Å². The van der Waals surface area contributed by atoms with Gasteiger partial charge in [-0.05, 0) is 0 Å². The standard InChI is InChI=1S/C16H24FN5O2/c1-20(2)16-18-8-12(9-19-16)10-22-11-13(17)7-14(22)15(23)21-3-5-24-6-4-21/h8-9,13-14H,3-7,10-11H2,1-2H3/t13-,14+/m1/s1. The maximum atomic E-state index is 13.9. The van der Waals surface area contributed by atoms with E-state index >= 15 is 0 Å². The predicted molar refractivity (Wildman–Crippen MR) is 87.5 cm³/mol. The number of nitrogens with zero attached hydrogens (tertiary/aromatic N) is 5. The van der Waals surface area contributed by atoms with E-state index in [9.17, 15) is 9.18 Å². The minimum atomic E-state index is -0.970. The van der Waals surface area contributed by atoms with Crippen molar-refractivity contribution in [2.24, 2.45) is 0 Å². The van der Waals surface area contributed by atoms with Crippen molar-refractivity contribution in [3.63, 3.8) is 0 Å². The van der Waals surface area contributed by atoms with E-state index < -0.39 is 12.2 Å². The minimum absolute atomic E-state index is 0.00396. The maximum Gasteiger partial charge on any atom is 0.240 e. The van der Waals surface area contributed by atoms with Gasteiger partial charge in [-0.3, -0.25) is 9.69 Å². The van der Waals surface area contributed by atoms with Gasteiger partial charge in [-0.2, -0.15) is 0 Å². The molecule has 0 N–H and O–H groups in total. The summed E-state index contributed by atoms with van der Waals surface area (Å²) in [6.45, 7) is 3.03. The Kier molecular flexibility index (Phi) is 5.25. The number of ether oxygens (including phenoxy) is 1. The molecule has 1 aromatic heterocycles. The van der Waals surface area contributed by atoms with Crippen LogP contribution in [0, 0.1) is 0 Å². The van der Waals surface area contributed by atoms with E-state index in [4.69, 9.17) is 4.74 Å². The van der Waals surface area contributed by atoms with Gasteiger partial charge in [0.05, 0.1) is 19.3 Å². The number of anilines is 1. The third-order valence-corrected chi connectivity index (χ3v) is 4.44. The van der Waals surface area contributed by atoms with Crippen molar-refractivity contribution in [2.75, 3.05) is 51.8 Å². The van der Waals surface area contributed by atoms with Crippen molar-refractivity contribution < 1.29 is 13.9 Å². The van der Waals surface area contributed by atoms with Crippen LogP contribution in [-0.2, 0) is 16.1 Å². The van der Waals surface area contributed by atoms with E-state index in [1.54, 1.807) is 17.3 Å². The fourth-order valence-corrected chi connectivity index (χ4v) is 3.17. The van der Waals surface area contributed by atoms with E-state index in [0.29, 0.717) is 38.8 Å². The lowest BCUT2D eigenvalue weighted by atomic mass is 10.1. The fourth-order valence-electron chi connectivity index (χ4n) is 3.17. The summed E-state index contributed by atoms with van der Waals surface area (Å²) in [6, 6.07) is -0.411. The highest BCUT2D eigenvalue weighted by Crippen LogP contribution is 2.24. The number of halogens is 1. The molecule has 0 spiro atoms. The van der Waals surface area contributed by atoms with Gasteiger partial charge in [0.25, 0.3) is 0 Å². The summed E-state index contributed by atoms with van der Waals surface area (Å²) in [6.07, 6.45) is 2.77. The Morgan fingerprint density at radius 1 is 1.33 bits per heavy atom. The average molecular weight is 337 g/mol. The molecule has 2 saturated heterocycles. The number of aromatic nitrogens is 2. The second kappa shape index (κ2) is 7.40. The van der Waals surface area contributed by atoms with Crippen LogP contribution in [-0.4, -0.2) is 84.8 Å². The third-order valence-electron chi connectivity index (χ3n) is 4.44. The Morgan fingerprint density at radius 3 is 2.62 bits per heavy atom. The second-order valence-corrected chi connectivity index (χ2v) is 6.50. The van der Waals surface area contributed by atoms with Crippen molar-refractivity contribution in [3.8, 4) is 0 Å². The number of hydrogen-bond acceptors (Lipinski definition) is 6. The molecule has 3 rings (SSSR count). The molecule has 2 fully saturated rings. The van der Waals surface area contributed by atoms with Crippen LogP contribution in [0.2, 0.25) is 0 Å². The van der Waals surface area contributed by atoms with E-state index in [-0.39, 0.29) is 18.9 Å². The van der Waals surface area contributed by atoms with Crippen LogP contribution in [0.3, 0.4) is 0 Å². The highest BCUT2D eigenvalue weighted by atomic mass is 19.1. The second-order valence-electron chi connectivity index (χ2n) is 6.50. The summed E-state index contributed by atoms with van der Waals surface area (Å²) in [5.74, 6) is 0.633. The number of hydrogen-bond donors (Lipinski definition) is 0. The molecule has 0 aromatic carbocycles. The van der Waals surface area contributed by atoms with Gasteiger partial charge in [0.2, 0.25) is 11.9 Å². The molecule has 7 nitrogen and oxygen atoms in total. The first kappa shape index (κ1) is 17.0. The summed E-state index contributed by atoms with van der Waals surface area (Å²) < 4.78 is 19.2. The Labute approximate surface area is 141 Å². The van der Waals surface area contributed by atoms with Gasteiger partial charge in [-0.25, -0.2) is 14.4 Å². The lowest BCUT2D eigenvalue weighted by Gasteiger charge is -2.32. The Morgan fingerprint density at radius 2 is 2.00 bits per heavy atom. The third kappa shape index (κ3) is 3.81. The van der Waals surface area contributed by atoms with Crippen molar-refractivity contribution >= 4 is 11.9 Å². The van der Waals surface area contributed by atoms with Crippen LogP contribution in [0.15, 0.2) is 12.4 Å². The topological polar surface area (TPSA) is 61.8 Å². The highest BCUT2D eigenvalue weighted by Gasteiger charge is 2.39. The fraction of sp³-hybridized carbons (Fsp3) is 0.688. The smallest absolute Gasteiger partial charge is 0.240 e. The largest absolute Gasteiger partial charge is 0.378 e. The molecule has 1 amide bonds. The number of carbonyl (C=O) groups is 1. The van der Waals surface area contributed by atoms with Crippen molar-refractivity contribution in [1.82, 2.24) is 19.8 Å². The van der Waals surface area contributed by atoms with E-state index in [1.807, 2.05) is 23.9 Å². The lowest BCUT2D eigenvalue weighted by molar-refractivity contribution is -0.140. The number of alkyl halides is 1. The number of rotatable bonds is 4. The predicted octanol–water partition coefficient (Wildman–Crippen LogP) is 0.314. The van der Waals surface area contributed by atoms with Crippen LogP contribution >= 0.6 is 0 Å². The molecule has 0 saturated carbocycles. The summed E-state index contributed by atoms with van der Waals surface area (Å²) >= 11 is 0. The van der Waals surface area contributed by atoms with E-state index in [0.717, 1.165) is 5.56 Å². The normalized spacial score (nSPS) is 25.0. The van der Waals surface area contributed by atoms with Crippen molar-refractivity contribution in [2.45, 2.75) is 25.2 Å². The molecule has 2 atom stereocenters. The van der Waals surface area contributed by atoms with Crippen molar-refractivity contribution in [3.05, 3.63) is 18.0 Å². The van der Waals surface area contributed by atoms with Crippen LogP contribution in [0.5, 0.6) is 0 Å². The molecule has 24 heavy (non-hydrogen) atoms. The molecule has 2 aliphatic rings. The van der Waals surface area contributed by atoms with E-state index in [2.05, 4.69) is 9.97 Å². The van der Waals surface area contributed by atoms with Crippen LogP contribution < -0.4 is 4.90 Å². The molecule has 1 aromatic rings. The number of likely N-dealkylation sites (tertiary alicyclic amines) is 1. The Balaban J connectivity index is 1.67. The van der Waals surface area contributed by atoms with Crippen molar-refractivity contribution in [1.29, 1.82) is 0 Å². The number of amides is 1. The first-order valence-corrected chi connectivity index (χ1v) is 8.27. The van der Waals surface area contributed by atoms with Crippen LogP contribution in [0.25, 0.3) is 0 Å². The molecule has 0 aliphatic carbocycles. The van der Waals surface area contributed by atoms with Crippen LogP contribution in [0.1, 0.15) is 12.0 Å². The first-order valence-electron chi connectivity index (χ1n) is 8.27. The van der Waals surface area contributed by atoms with Gasteiger partial charge >= 0.3 is 0 Å². The lowest BCUT2D eigenvalue weighted by Crippen LogP contribution is -2.49. The zero-order valence-corrected chi connectivity index (χ0v) is 14.2. The SMILES string of the molecule is CN(C)c1ncc(CN2C[C@H](F)C[C@H]2C(=O)N2CCOCC2)cn1. The summed E-state index contributed by atoms with van der Waals surface area (Å²) in [7, 11) is 3.75. The Bertz CT molecular complexity index is 562. The molecule has 0 bridgehead atoms. The summed E-state index contributed by atoms with van der Waals surface area (Å²) in [5.41, 5.74) is 0.884. The summed E-state index contributed by atoms with van der Waals surface area (Å²) in [4.78, 5) is 26.8. The van der Waals surface area contributed by atoms with Gasteiger partial charge < -0.3 is 14.5 Å². The molecule has 132 valence electrons. The van der Waals surface area contributed by atoms with Gasteiger partial charge in [0, 0.05) is 64.7 Å². The van der Waals surface area contributed by atoms with Gasteiger partial charge in [0.15, 0.2) is 0 Å². The maximum absolute atomic E-state index is 13.9. The number of morpholine rings is 1. The molecule has 3 heterocycles. The van der Waals surface area contributed by atoms with Gasteiger partial charge in [0.1, 0.15) is 6.17 Å². The average Bonchev–Trinajstić information content (AvgIpc) is 2.96. The van der Waals surface area contributed by atoms with Gasteiger partial charge in [-0.15, -0.1) is 0 Å². The molecule has 0 radical (unpaired) electrons. The number of carbonyl (C=O) groups excluding carboxylic acids is 1. The molecule has 8 heteroatoms. The zero-order valence-electron chi connectivity index (χ0n) is 14.2.